The summed E-state index contributed by atoms with van der Waals surface area (Å²) in [5, 5.41) is 0. The number of aromatic nitrogens is 1. The molecule has 2 aromatic carbocycles. The van der Waals surface area contributed by atoms with Crippen LogP contribution in [0.15, 0.2) is 54.0 Å². The number of halogens is 3. The number of piperazine rings is 1. The number of nitrogens with zero attached hydrogens (tertiary/aromatic N) is 3. The van der Waals surface area contributed by atoms with Gasteiger partial charge in [-0.15, -0.1) is 11.3 Å². The van der Waals surface area contributed by atoms with Gasteiger partial charge >= 0.3 is 12.3 Å². The number of amides is 1. The summed E-state index contributed by atoms with van der Waals surface area (Å²) in [5.74, 6) is 0.448. The third-order valence-corrected chi connectivity index (χ3v) is 6.94. The van der Waals surface area contributed by atoms with Gasteiger partial charge in [0.25, 0.3) is 0 Å². The molecule has 0 unspecified atom stereocenters. The van der Waals surface area contributed by atoms with Gasteiger partial charge in [0.15, 0.2) is 0 Å². The van der Waals surface area contributed by atoms with Crippen LogP contribution in [0.3, 0.4) is 0 Å². The highest BCUT2D eigenvalue weighted by Crippen LogP contribution is 2.29. The first kappa shape index (κ1) is 24.2. The van der Waals surface area contributed by atoms with Crippen molar-refractivity contribution in [3.05, 3.63) is 81.3 Å². The minimum absolute atomic E-state index is 0.367. The molecule has 0 bridgehead atoms. The van der Waals surface area contributed by atoms with Crippen LogP contribution in [0.25, 0.3) is 0 Å². The minimum atomic E-state index is -4.34. The van der Waals surface area contributed by atoms with Crippen molar-refractivity contribution in [2.45, 2.75) is 25.9 Å². The number of thiazole rings is 1. The van der Waals surface area contributed by atoms with E-state index >= 15 is 0 Å². The first-order valence-corrected chi connectivity index (χ1v) is 12.0. The number of alkyl halides is 3. The lowest BCUT2D eigenvalue weighted by molar-refractivity contribution is -0.137. The van der Waals surface area contributed by atoms with Crippen molar-refractivity contribution >= 4 is 17.4 Å². The van der Waals surface area contributed by atoms with Crippen LogP contribution >= 0.6 is 11.3 Å². The smallest absolute Gasteiger partial charge is 0.410 e. The van der Waals surface area contributed by atoms with Crippen LogP contribution in [0.5, 0.6) is 5.75 Å². The Hall–Kier alpha value is -2.91. The highest BCUT2D eigenvalue weighted by atomic mass is 32.1. The zero-order chi connectivity index (χ0) is 24.1. The topological polar surface area (TPSA) is 45.7 Å². The van der Waals surface area contributed by atoms with Crippen LogP contribution in [0.1, 0.15) is 27.3 Å². The fraction of sp³-hybridized carbons (Fsp3) is 0.360. The molecule has 1 aliphatic rings. The van der Waals surface area contributed by atoms with Crippen LogP contribution in [0.2, 0.25) is 0 Å². The number of ether oxygens (including phenoxy) is 1. The second-order valence-corrected chi connectivity index (χ2v) is 9.26. The molecule has 180 valence electrons. The van der Waals surface area contributed by atoms with Crippen molar-refractivity contribution in [2.75, 3.05) is 32.7 Å². The van der Waals surface area contributed by atoms with Gasteiger partial charge in [0.05, 0.1) is 16.8 Å². The van der Waals surface area contributed by atoms with E-state index in [1.165, 1.54) is 17.0 Å². The molecule has 34 heavy (non-hydrogen) atoms. The summed E-state index contributed by atoms with van der Waals surface area (Å²) in [6.45, 7) is 5.82. The van der Waals surface area contributed by atoms with Crippen molar-refractivity contribution in [1.82, 2.24) is 14.8 Å². The Morgan fingerprint density at radius 1 is 1.00 bits per heavy atom. The van der Waals surface area contributed by atoms with Crippen molar-refractivity contribution < 1.29 is 22.7 Å². The summed E-state index contributed by atoms with van der Waals surface area (Å²) in [7, 11) is 0. The number of benzene rings is 2. The summed E-state index contributed by atoms with van der Waals surface area (Å²) >= 11 is 1.68. The van der Waals surface area contributed by atoms with Crippen LogP contribution < -0.4 is 4.74 Å². The second kappa shape index (κ2) is 10.6. The molecule has 0 atom stereocenters. The number of aryl methyl sites for hydroxylation is 1. The largest absolute Gasteiger partial charge is 0.416 e. The molecule has 1 aromatic heterocycles. The molecule has 0 spiro atoms. The summed E-state index contributed by atoms with van der Waals surface area (Å²) in [6, 6.07) is 12.2. The summed E-state index contributed by atoms with van der Waals surface area (Å²) in [5.41, 5.74) is 4.01. The summed E-state index contributed by atoms with van der Waals surface area (Å²) in [4.78, 5) is 22.2. The van der Waals surface area contributed by atoms with Crippen molar-refractivity contribution in [3.63, 3.8) is 0 Å². The monoisotopic (exact) mass is 489 g/mol. The predicted molar refractivity (Wildman–Crippen MR) is 125 cm³/mol. The standard InChI is InChI=1S/C25H26F3N3O2S/c1-18-23(34-17-29-18)10-11-30-12-14-31(15-13-30)24(32)33-22-8-4-20(5-9-22)16-19-2-6-21(7-3-19)25(26,27)28/h2-9,17H,10-16H2,1H3. The second-order valence-electron chi connectivity index (χ2n) is 8.32. The summed E-state index contributed by atoms with van der Waals surface area (Å²) < 4.78 is 43.6. The quantitative estimate of drug-likeness (QED) is 0.464. The lowest BCUT2D eigenvalue weighted by Crippen LogP contribution is -2.49. The molecular weight excluding hydrogens is 463 g/mol. The molecule has 0 radical (unpaired) electrons. The fourth-order valence-corrected chi connectivity index (χ4v) is 4.64. The molecule has 4 rings (SSSR count). The molecule has 0 aliphatic carbocycles. The highest BCUT2D eigenvalue weighted by Gasteiger charge is 2.30. The molecular formula is C25H26F3N3O2S. The number of hydrogen-bond donors (Lipinski definition) is 0. The Kier molecular flexibility index (Phi) is 7.53. The Bertz CT molecular complexity index is 1090. The van der Waals surface area contributed by atoms with Gasteiger partial charge < -0.3 is 9.64 Å². The Labute approximate surface area is 200 Å². The van der Waals surface area contributed by atoms with Gasteiger partial charge in [-0.05, 0) is 55.2 Å². The van der Waals surface area contributed by atoms with Crippen LogP contribution in [-0.4, -0.2) is 53.6 Å². The van der Waals surface area contributed by atoms with Crippen molar-refractivity contribution in [2.24, 2.45) is 0 Å². The van der Waals surface area contributed by atoms with Gasteiger partial charge in [0.2, 0.25) is 0 Å². The fourth-order valence-electron chi connectivity index (χ4n) is 3.87. The summed E-state index contributed by atoms with van der Waals surface area (Å²) in [6.07, 6.45) is -3.24. The van der Waals surface area contributed by atoms with E-state index in [9.17, 15) is 18.0 Å². The van der Waals surface area contributed by atoms with Gasteiger partial charge in [-0.3, -0.25) is 4.90 Å². The molecule has 3 aromatic rings. The van der Waals surface area contributed by atoms with Gasteiger partial charge in [0.1, 0.15) is 5.75 Å². The third kappa shape index (κ3) is 6.36. The van der Waals surface area contributed by atoms with Crippen molar-refractivity contribution in [1.29, 1.82) is 0 Å². The highest BCUT2D eigenvalue weighted by molar-refractivity contribution is 7.09. The van der Waals surface area contributed by atoms with E-state index in [2.05, 4.69) is 9.88 Å². The number of carbonyl (C=O) groups excluding carboxylic acids is 1. The molecule has 2 heterocycles. The SMILES string of the molecule is Cc1ncsc1CCN1CCN(C(=O)Oc2ccc(Cc3ccc(C(F)(F)F)cc3)cc2)CC1. The van der Waals surface area contributed by atoms with E-state index in [4.69, 9.17) is 4.74 Å². The minimum Gasteiger partial charge on any atom is -0.410 e. The lowest BCUT2D eigenvalue weighted by Gasteiger charge is -2.33. The molecule has 5 nitrogen and oxygen atoms in total. The molecule has 1 amide bonds. The Balaban J connectivity index is 1.23. The van der Waals surface area contributed by atoms with Crippen LogP contribution in [0, 0.1) is 6.92 Å². The third-order valence-electron chi connectivity index (χ3n) is 5.95. The van der Waals surface area contributed by atoms with Crippen LogP contribution in [-0.2, 0) is 19.0 Å². The molecule has 0 saturated carbocycles. The van der Waals surface area contributed by atoms with E-state index < -0.39 is 11.7 Å². The first-order chi connectivity index (χ1) is 16.3. The predicted octanol–water partition coefficient (Wildman–Crippen LogP) is 5.42. The van der Waals surface area contributed by atoms with Gasteiger partial charge in [-0.2, -0.15) is 13.2 Å². The first-order valence-electron chi connectivity index (χ1n) is 11.1. The number of hydrogen-bond acceptors (Lipinski definition) is 5. The molecule has 1 fully saturated rings. The maximum absolute atomic E-state index is 12.7. The zero-order valence-electron chi connectivity index (χ0n) is 18.8. The van der Waals surface area contributed by atoms with Gasteiger partial charge in [-0.1, -0.05) is 24.3 Å². The van der Waals surface area contributed by atoms with Crippen molar-refractivity contribution in [3.8, 4) is 5.75 Å². The van der Waals surface area contributed by atoms with E-state index in [0.717, 1.165) is 55.0 Å². The van der Waals surface area contributed by atoms with E-state index in [0.29, 0.717) is 25.3 Å². The zero-order valence-corrected chi connectivity index (χ0v) is 19.7. The normalized spacial score (nSPS) is 14.9. The van der Waals surface area contributed by atoms with Gasteiger partial charge in [-0.25, -0.2) is 9.78 Å². The lowest BCUT2D eigenvalue weighted by atomic mass is 10.0. The maximum atomic E-state index is 12.7. The Morgan fingerprint density at radius 2 is 1.62 bits per heavy atom. The van der Waals surface area contributed by atoms with Crippen LogP contribution in [0.4, 0.5) is 18.0 Å². The molecule has 0 N–H and O–H groups in total. The average Bonchev–Trinajstić information content (AvgIpc) is 3.23. The van der Waals surface area contributed by atoms with Gasteiger partial charge in [0, 0.05) is 37.6 Å². The van der Waals surface area contributed by atoms with E-state index in [1.807, 2.05) is 24.6 Å². The number of carbonyl (C=O) groups is 1. The molecule has 1 saturated heterocycles. The van der Waals surface area contributed by atoms with E-state index in [1.54, 1.807) is 28.4 Å². The molecule has 9 heteroatoms. The van der Waals surface area contributed by atoms with E-state index in [-0.39, 0.29) is 6.09 Å². The average molecular weight is 490 g/mol. The number of rotatable bonds is 6. The Morgan fingerprint density at radius 3 is 2.18 bits per heavy atom. The molecule has 1 aliphatic heterocycles. The maximum Gasteiger partial charge on any atom is 0.416 e.